The molecule has 3 heterocycles. The molecule has 3 aromatic rings. The molecule has 1 amide bonds. The Kier molecular flexibility index (Phi) is 3.37. The number of hydrogen-bond acceptors (Lipinski definition) is 2. The predicted octanol–water partition coefficient (Wildman–Crippen LogP) is 3.31. The molecule has 2 N–H and O–H groups in total. The van der Waals surface area contributed by atoms with Crippen LogP contribution < -0.4 is 5.32 Å². The number of carbonyl (C=O) groups is 1. The van der Waals surface area contributed by atoms with Gasteiger partial charge in [0.1, 0.15) is 5.82 Å². The maximum absolute atomic E-state index is 14.3. The summed E-state index contributed by atoms with van der Waals surface area (Å²) in [6, 6.07) is 9.16. The monoisotopic (exact) mass is 325 g/mol. The highest BCUT2D eigenvalue weighted by molar-refractivity contribution is 5.97. The number of benzene rings is 1. The Bertz CT molecular complexity index is 949. The van der Waals surface area contributed by atoms with E-state index < -0.39 is 5.82 Å². The number of halogens is 2. The second kappa shape index (κ2) is 5.56. The smallest absolute Gasteiger partial charge is 0.253 e. The van der Waals surface area contributed by atoms with E-state index in [1.807, 2.05) is 0 Å². The lowest BCUT2D eigenvalue weighted by molar-refractivity contribution is 0.0946. The highest BCUT2D eigenvalue weighted by atomic mass is 19.1. The van der Waals surface area contributed by atoms with Crippen molar-refractivity contribution in [2.24, 2.45) is 0 Å². The number of carbonyl (C=O) groups excluding carboxylic acids is 1. The van der Waals surface area contributed by atoms with Gasteiger partial charge in [-0.15, -0.1) is 0 Å². The molecule has 0 atom stereocenters. The summed E-state index contributed by atoms with van der Waals surface area (Å²) < 4.78 is 27.7. The number of rotatable bonds is 2. The van der Waals surface area contributed by atoms with E-state index >= 15 is 0 Å². The standard InChI is InChI=1S/C18H13F2N3O/c19-11-3-1-2-10(6-11)16-7-12(14(20)9-22-16)17-8-13-15(23-17)4-5-21-18(13)24/h1-3,6-9,23H,4-5H2,(H,21,24). The Hall–Kier alpha value is -3.02. The van der Waals surface area contributed by atoms with Crippen molar-refractivity contribution in [1.82, 2.24) is 15.3 Å². The van der Waals surface area contributed by atoms with E-state index in [2.05, 4.69) is 15.3 Å². The van der Waals surface area contributed by atoms with E-state index in [-0.39, 0.29) is 11.7 Å². The van der Waals surface area contributed by atoms with Gasteiger partial charge in [0.15, 0.2) is 5.82 Å². The summed E-state index contributed by atoms with van der Waals surface area (Å²) >= 11 is 0. The molecule has 6 heteroatoms. The van der Waals surface area contributed by atoms with E-state index in [1.54, 1.807) is 24.3 Å². The molecule has 0 fully saturated rings. The fourth-order valence-electron chi connectivity index (χ4n) is 2.89. The summed E-state index contributed by atoms with van der Waals surface area (Å²) in [5, 5.41) is 2.75. The number of nitrogens with zero attached hydrogens (tertiary/aromatic N) is 1. The third kappa shape index (κ3) is 2.46. The van der Waals surface area contributed by atoms with Gasteiger partial charge in [0.25, 0.3) is 5.91 Å². The average Bonchev–Trinajstić information content (AvgIpc) is 3.01. The summed E-state index contributed by atoms with van der Waals surface area (Å²) in [6.45, 7) is 0.555. The number of aromatic amines is 1. The predicted molar refractivity (Wildman–Crippen MR) is 85.4 cm³/mol. The molecule has 0 saturated carbocycles. The summed E-state index contributed by atoms with van der Waals surface area (Å²) in [7, 11) is 0. The van der Waals surface area contributed by atoms with Gasteiger partial charge in [-0.25, -0.2) is 8.78 Å². The van der Waals surface area contributed by atoms with Gasteiger partial charge in [-0.1, -0.05) is 12.1 Å². The first-order valence-electron chi connectivity index (χ1n) is 7.54. The van der Waals surface area contributed by atoms with Crippen molar-refractivity contribution in [3.8, 4) is 22.5 Å². The molecule has 0 bridgehead atoms. The van der Waals surface area contributed by atoms with E-state index in [1.165, 1.54) is 12.1 Å². The van der Waals surface area contributed by atoms with Crippen molar-refractivity contribution in [3.63, 3.8) is 0 Å². The lowest BCUT2D eigenvalue weighted by Gasteiger charge is -2.11. The number of hydrogen-bond donors (Lipinski definition) is 2. The van der Waals surface area contributed by atoms with E-state index in [0.717, 1.165) is 11.9 Å². The fraction of sp³-hybridized carbons (Fsp3) is 0.111. The van der Waals surface area contributed by atoms with Crippen molar-refractivity contribution >= 4 is 5.91 Å². The summed E-state index contributed by atoms with van der Waals surface area (Å²) in [5.41, 5.74) is 3.14. The van der Waals surface area contributed by atoms with Gasteiger partial charge >= 0.3 is 0 Å². The average molecular weight is 325 g/mol. The normalized spacial score (nSPS) is 13.5. The van der Waals surface area contributed by atoms with Gasteiger partial charge in [-0.05, 0) is 24.3 Å². The van der Waals surface area contributed by atoms with Crippen LogP contribution in [0.4, 0.5) is 8.78 Å². The molecule has 4 rings (SSSR count). The molecule has 120 valence electrons. The highest BCUT2D eigenvalue weighted by Crippen LogP contribution is 2.29. The zero-order valence-corrected chi connectivity index (χ0v) is 12.6. The molecule has 0 radical (unpaired) electrons. The SMILES string of the molecule is O=C1NCCc2[nH]c(-c3cc(-c4cccc(F)c4)ncc3F)cc21. The number of fused-ring (bicyclic) bond motifs is 1. The lowest BCUT2D eigenvalue weighted by atomic mass is 10.1. The van der Waals surface area contributed by atoms with Crippen LogP contribution in [-0.4, -0.2) is 22.4 Å². The molecule has 0 saturated heterocycles. The summed E-state index contributed by atoms with van der Waals surface area (Å²) in [6.07, 6.45) is 1.78. The second-order valence-electron chi connectivity index (χ2n) is 5.64. The maximum atomic E-state index is 14.3. The van der Waals surface area contributed by atoms with Crippen molar-refractivity contribution in [2.75, 3.05) is 6.54 Å². The Morgan fingerprint density at radius 1 is 1.08 bits per heavy atom. The van der Waals surface area contributed by atoms with Gasteiger partial charge in [-0.2, -0.15) is 0 Å². The quantitative estimate of drug-likeness (QED) is 0.759. The minimum Gasteiger partial charge on any atom is -0.358 e. The number of nitrogens with one attached hydrogen (secondary N) is 2. The molecule has 0 spiro atoms. The number of aromatic nitrogens is 2. The van der Waals surface area contributed by atoms with Crippen LogP contribution in [0.25, 0.3) is 22.5 Å². The van der Waals surface area contributed by atoms with Crippen LogP contribution in [-0.2, 0) is 6.42 Å². The van der Waals surface area contributed by atoms with Gasteiger partial charge < -0.3 is 10.3 Å². The first kappa shape index (κ1) is 14.6. The molecular formula is C18H13F2N3O. The summed E-state index contributed by atoms with van der Waals surface area (Å²) in [4.78, 5) is 19.0. The van der Waals surface area contributed by atoms with Crippen LogP contribution in [0, 0.1) is 11.6 Å². The molecule has 4 nitrogen and oxygen atoms in total. The first-order chi connectivity index (χ1) is 11.6. The molecule has 0 aliphatic carbocycles. The molecular weight excluding hydrogens is 312 g/mol. The van der Waals surface area contributed by atoms with Crippen molar-refractivity contribution in [2.45, 2.75) is 6.42 Å². The van der Waals surface area contributed by atoms with E-state index in [4.69, 9.17) is 0 Å². The Morgan fingerprint density at radius 2 is 1.96 bits per heavy atom. The van der Waals surface area contributed by atoms with E-state index in [0.29, 0.717) is 41.0 Å². The van der Waals surface area contributed by atoms with Crippen LogP contribution in [0.1, 0.15) is 16.1 Å². The van der Waals surface area contributed by atoms with Crippen molar-refractivity contribution < 1.29 is 13.6 Å². The lowest BCUT2D eigenvalue weighted by Crippen LogP contribution is -2.31. The number of H-pyrrole nitrogens is 1. The van der Waals surface area contributed by atoms with Crippen LogP contribution in [0.3, 0.4) is 0 Å². The maximum Gasteiger partial charge on any atom is 0.253 e. The molecule has 1 aromatic carbocycles. The zero-order valence-electron chi connectivity index (χ0n) is 12.6. The topological polar surface area (TPSA) is 57.8 Å². The van der Waals surface area contributed by atoms with Crippen LogP contribution >= 0.6 is 0 Å². The molecule has 0 unspecified atom stereocenters. The Labute approximate surface area is 136 Å². The fourth-order valence-corrected chi connectivity index (χ4v) is 2.89. The van der Waals surface area contributed by atoms with Gasteiger partial charge in [0.05, 0.1) is 17.5 Å². The van der Waals surface area contributed by atoms with Gasteiger partial charge in [-0.3, -0.25) is 9.78 Å². The largest absolute Gasteiger partial charge is 0.358 e. The minimum atomic E-state index is -0.505. The molecule has 2 aromatic heterocycles. The molecule has 1 aliphatic heterocycles. The summed E-state index contributed by atoms with van der Waals surface area (Å²) in [5.74, 6) is -1.06. The van der Waals surface area contributed by atoms with Crippen molar-refractivity contribution in [3.05, 3.63) is 65.5 Å². The molecule has 1 aliphatic rings. The number of amides is 1. The van der Waals surface area contributed by atoms with Gasteiger partial charge in [0, 0.05) is 35.5 Å². The van der Waals surface area contributed by atoms with E-state index in [9.17, 15) is 13.6 Å². The molecule has 24 heavy (non-hydrogen) atoms. The van der Waals surface area contributed by atoms with Crippen molar-refractivity contribution in [1.29, 1.82) is 0 Å². The zero-order chi connectivity index (χ0) is 16.7. The van der Waals surface area contributed by atoms with Crippen LogP contribution in [0.5, 0.6) is 0 Å². The van der Waals surface area contributed by atoms with Crippen LogP contribution in [0.15, 0.2) is 42.6 Å². The van der Waals surface area contributed by atoms with Crippen LogP contribution in [0.2, 0.25) is 0 Å². The Balaban J connectivity index is 1.81. The minimum absolute atomic E-state index is 0.168. The first-order valence-corrected chi connectivity index (χ1v) is 7.54. The number of pyridine rings is 1. The second-order valence-corrected chi connectivity index (χ2v) is 5.64. The Morgan fingerprint density at radius 3 is 2.75 bits per heavy atom. The third-order valence-electron chi connectivity index (χ3n) is 4.07. The third-order valence-corrected chi connectivity index (χ3v) is 4.07. The van der Waals surface area contributed by atoms with Gasteiger partial charge in [0.2, 0.25) is 0 Å². The highest BCUT2D eigenvalue weighted by Gasteiger charge is 2.21.